The molecule has 0 saturated carbocycles. The Morgan fingerprint density at radius 3 is 2.33 bits per heavy atom. The summed E-state index contributed by atoms with van der Waals surface area (Å²) in [4.78, 5) is 29.4. The molecule has 7 heteroatoms. The Labute approximate surface area is 144 Å². The smallest absolute Gasteiger partial charge is 0.325 e. The Morgan fingerprint density at radius 1 is 1.12 bits per heavy atom. The number of benzene rings is 1. The quantitative estimate of drug-likeness (QED) is 0.683. The normalized spacial score (nSPS) is 10.9. The van der Waals surface area contributed by atoms with E-state index in [1.807, 2.05) is 24.3 Å². The summed E-state index contributed by atoms with van der Waals surface area (Å²) in [7, 11) is 0. The Morgan fingerprint density at radius 2 is 1.75 bits per heavy atom. The van der Waals surface area contributed by atoms with Crippen molar-refractivity contribution in [3.63, 3.8) is 0 Å². The maximum atomic E-state index is 11.7. The van der Waals surface area contributed by atoms with E-state index in [-0.39, 0.29) is 13.1 Å². The number of rotatable bonds is 8. The van der Waals surface area contributed by atoms with Crippen molar-refractivity contribution in [3.8, 4) is 0 Å². The number of fused-ring (bicyclic) bond motifs is 1. The van der Waals surface area contributed by atoms with Gasteiger partial charge in [0.05, 0.1) is 23.4 Å². The van der Waals surface area contributed by atoms with Crippen LogP contribution in [0.3, 0.4) is 0 Å². The molecule has 24 heavy (non-hydrogen) atoms. The van der Waals surface area contributed by atoms with Gasteiger partial charge in [0.15, 0.2) is 0 Å². The van der Waals surface area contributed by atoms with Gasteiger partial charge in [-0.05, 0) is 32.1 Å². The molecule has 0 amide bonds. The molecule has 0 aliphatic rings. The van der Waals surface area contributed by atoms with Crippen LogP contribution in [-0.2, 0) is 19.1 Å². The predicted octanol–water partition coefficient (Wildman–Crippen LogP) is 2.70. The number of esters is 2. The number of hydrogen-bond donors (Lipinski definition) is 0. The largest absolute Gasteiger partial charge is 0.465 e. The molecule has 1 heterocycles. The molecule has 1 aromatic carbocycles. The van der Waals surface area contributed by atoms with Crippen molar-refractivity contribution in [3.05, 3.63) is 35.5 Å². The number of nitrogens with zero attached hydrogens (tertiary/aromatic N) is 2. The van der Waals surface area contributed by atoms with Gasteiger partial charge in [-0.1, -0.05) is 12.1 Å². The lowest BCUT2D eigenvalue weighted by molar-refractivity contribution is -0.146. The van der Waals surface area contributed by atoms with Crippen molar-refractivity contribution >= 4 is 39.6 Å². The Bertz CT molecular complexity index is 673. The zero-order valence-corrected chi connectivity index (χ0v) is 14.5. The summed E-state index contributed by atoms with van der Waals surface area (Å²) in [6, 6.07) is 7.84. The fraction of sp³-hybridized carbons (Fsp3) is 0.353. The molecule has 0 fully saturated rings. The highest BCUT2D eigenvalue weighted by molar-refractivity contribution is 7.19. The molecule has 0 radical (unpaired) electrons. The molecule has 0 bridgehead atoms. The summed E-state index contributed by atoms with van der Waals surface area (Å²) in [5.41, 5.74) is 0.921. The van der Waals surface area contributed by atoms with Gasteiger partial charge in [-0.3, -0.25) is 9.59 Å². The zero-order chi connectivity index (χ0) is 17.4. The van der Waals surface area contributed by atoms with Crippen LogP contribution >= 0.6 is 11.3 Å². The fourth-order valence-electron chi connectivity index (χ4n) is 2.04. The maximum Gasteiger partial charge on any atom is 0.325 e. The van der Waals surface area contributed by atoms with Gasteiger partial charge in [0.2, 0.25) is 0 Å². The molecule has 0 aliphatic carbocycles. The van der Waals surface area contributed by atoms with Crippen molar-refractivity contribution in [2.75, 3.05) is 26.3 Å². The van der Waals surface area contributed by atoms with Crippen LogP contribution in [0.2, 0.25) is 0 Å². The highest BCUT2D eigenvalue weighted by Gasteiger charge is 2.13. The van der Waals surface area contributed by atoms with Crippen LogP contribution < -0.4 is 0 Å². The van der Waals surface area contributed by atoms with E-state index in [1.54, 1.807) is 42.4 Å². The van der Waals surface area contributed by atoms with Crippen molar-refractivity contribution in [2.45, 2.75) is 13.8 Å². The van der Waals surface area contributed by atoms with E-state index in [1.165, 1.54) is 0 Å². The highest BCUT2D eigenvalue weighted by Crippen LogP contribution is 2.22. The molecule has 0 atom stereocenters. The molecule has 1 aromatic heterocycles. The number of hydrogen-bond acceptors (Lipinski definition) is 7. The molecule has 0 unspecified atom stereocenters. The number of para-hydroxylation sites is 1. The van der Waals surface area contributed by atoms with E-state index < -0.39 is 11.9 Å². The third kappa shape index (κ3) is 5.34. The first-order valence-electron chi connectivity index (χ1n) is 7.71. The van der Waals surface area contributed by atoms with Crippen molar-refractivity contribution < 1.29 is 19.1 Å². The third-order valence-electron chi connectivity index (χ3n) is 3.01. The molecule has 6 nitrogen and oxygen atoms in total. The van der Waals surface area contributed by atoms with Crippen LogP contribution in [0, 0.1) is 0 Å². The first-order valence-corrected chi connectivity index (χ1v) is 8.53. The number of carbonyl (C=O) groups is 2. The molecular weight excluding hydrogens is 328 g/mol. The van der Waals surface area contributed by atoms with E-state index in [9.17, 15) is 9.59 Å². The van der Waals surface area contributed by atoms with Gasteiger partial charge in [-0.25, -0.2) is 4.98 Å². The van der Waals surface area contributed by atoms with E-state index in [2.05, 4.69) is 4.98 Å². The number of carbonyl (C=O) groups excluding carboxylic acids is 2. The van der Waals surface area contributed by atoms with Crippen molar-refractivity contribution in [1.82, 2.24) is 9.88 Å². The summed E-state index contributed by atoms with van der Waals surface area (Å²) in [6.07, 6.45) is 3.45. The van der Waals surface area contributed by atoms with Crippen LogP contribution in [0.4, 0.5) is 0 Å². The maximum absolute atomic E-state index is 11.7. The van der Waals surface area contributed by atoms with Gasteiger partial charge in [-0.2, -0.15) is 0 Å². The third-order valence-corrected chi connectivity index (χ3v) is 4.02. The van der Waals surface area contributed by atoms with Crippen LogP contribution in [0.25, 0.3) is 16.3 Å². The van der Waals surface area contributed by atoms with Crippen LogP contribution in [-0.4, -0.2) is 48.1 Å². The van der Waals surface area contributed by atoms with Crippen molar-refractivity contribution in [1.29, 1.82) is 0 Å². The van der Waals surface area contributed by atoms with Gasteiger partial charge in [-0.15, -0.1) is 11.3 Å². The SMILES string of the molecule is CCOC(=O)CN(C=Cc1nc2ccccc2s1)CC(=O)OCC. The molecule has 128 valence electrons. The second-order valence-electron chi connectivity index (χ2n) is 4.85. The van der Waals surface area contributed by atoms with Gasteiger partial charge in [0, 0.05) is 6.20 Å². The second kappa shape index (κ2) is 9.02. The number of ether oxygens (including phenoxy) is 2. The zero-order valence-electron chi connectivity index (χ0n) is 13.7. The minimum atomic E-state index is -0.393. The molecular formula is C17H20N2O4S. The second-order valence-corrected chi connectivity index (χ2v) is 5.91. The summed E-state index contributed by atoms with van der Waals surface area (Å²) < 4.78 is 11.0. The molecule has 2 aromatic rings. The van der Waals surface area contributed by atoms with Gasteiger partial charge < -0.3 is 14.4 Å². The molecule has 2 rings (SSSR count). The van der Waals surface area contributed by atoms with Crippen LogP contribution in [0.15, 0.2) is 30.5 Å². The van der Waals surface area contributed by atoms with Gasteiger partial charge in [0.25, 0.3) is 0 Å². The van der Waals surface area contributed by atoms with E-state index >= 15 is 0 Å². The Kier molecular flexibility index (Phi) is 6.74. The summed E-state index contributed by atoms with van der Waals surface area (Å²) in [5.74, 6) is -0.786. The fourth-order valence-corrected chi connectivity index (χ4v) is 2.90. The van der Waals surface area contributed by atoms with Gasteiger partial charge in [0.1, 0.15) is 18.1 Å². The van der Waals surface area contributed by atoms with Gasteiger partial charge >= 0.3 is 11.9 Å². The van der Waals surface area contributed by atoms with E-state index in [4.69, 9.17) is 9.47 Å². The predicted molar refractivity (Wildman–Crippen MR) is 93.5 cm³/mol. The van der Waals surface area contributed by atoms with Crippen LogP contribution in [0.5, 0.6) is 0 Å². The molecule has 0 N–H and O–H groups in total. The molecule has 0 spiro atoms. The first-order chi connectivity index (χ1) is 11.6. The van der Waals surface area contributed by atoms with E-state index in [0.29, 0.717) is 13.2 Å². The average Bonchev–Trinajstić information content (AvgIpc) is 2.96. The van der Waals surface area contributed by atoms with E-state index in [0.717, 1.165) is 15.2 Å². The molecule has 0 aliphatic heterocycles. The lowest BCUT2D eigenvalue weighted by atomic mass is 10.3. The summed E-state index contributed by atoms with van der Waals surface area (Å²) in [6.45, 7) is 4.04. The lowest BCUT2D eigenvalue weighted by Crippen LogP contribution is -2.32. The van der Waals surface area contributed by atoms with Crippen LogP contribution in [0.1, 0.15) is 18.9 Å². The van der Waals surface area contributed by atoms with Crippen molar-refractivity contribution in [2.24, 2.45) is 0 Å². The lowest BCUT2D eigenvalue weighted by Gasteiger charge is -2.17. The number of thiazole rings is 1. The molecule has 0 saturated heterocycles. The Balaban J connectivity index is 2.09. The highest BCUT2D eigenvalue weighted by atomic mass is 32.1. The number of aromatic nitrogens is 1. The Hall–Kier alpha value is -2.41. The minimum absolute atomic E-state index is 0.0198. The summed E-state index contributed by atoms with van der Waals surface area (Å²) >= 11 is 1.54. The standard InChI is InChI=1S/C17H20N2O4S/c1-3-22-16(20)11-19(12-17(21)23-4-2)10-9-15-18-13-7-5-6-8-14(13)24-15/h5-10H,3-4,11-12H2,1-2H3. The topological polar surface area (TPSA) is 68.7 Å². The minimum Gasteiger partial charge on any atom is -0.465 e. The summed E-state index contributed by atoms with van der Waals surface area (Å²) in [5, 5.41) is 0.800. The monoisotopic (exact) mass is 348 g/mol. The first kappa shape index (κ1) is 17.9. The average molecular weight is 348 g/mol.